The summed E-state index contributed by atoms with van der Waals surface area (Å²) in [6, 6.07) is 28.0. The highest BCUT2D eigenvalue weighted by molar-refractivity contribution is 8.45. The normalized spacial score (nSPS) is 16.0. The van der Waals surface area contributed by atoms with Gasteiger partial charge in [0.15, 0.2) is 10.2 Å². The van der Waals surface area contributed by atoms with Crippen molar-refractivity contribution in [3.63, 3.8) is 0 Å². The minimum atomic E-state index is -0.420. The molecule has 7 nitrogen and oxygen atoms in total. The number of hydrazone groups is 1. The summed E-state index contributed by atoms with van der Waals surface area (Å²) < 4.78 is 8.79. The first kappa shape index (κ1) is 25.2. The number of aromatic nitrogens is 1. The number of nitrogens with one attached hydrogen (secondary N) is 1. The van der Waals surface area contributed by atoms with Gasteiger partial charge in [-0.05, 0) is 48.0 Å². The minimum Gasteiger partial charge on any atom is -0.494 e. The Hall–Kier alpha value is -4.08. The second-order valence-corrected chi connectivity index (χ2v) is 11.1. The molecule has 0 aliphatic carbocycles. The Labute approximate surface area is 234 Å². The molecule has 3 heterocycles. The largest absolute Gasteiger partial charge is 0.494 e. The van der Waals surface area contributed by atoms with Gasteiger partial charge in [0, 0.05) is 35.0 Å². The summed E-state index contributed by atoms with van der Waals surface area (Å²) in [5.41, 5.74) is 3.35. The van der Waals surface area contributed by atoms with E-state index in [1.165, 1.54) is 22.3 Å². The predicted octanol–water partition coefficient (Wildman–Crippen LogP) is 6.62. The zero-order valence-corrected chi connectivity index (χ0v) is 22.6. The molecule has 6 rings (SSSR count). The molecule has 3 aromatic carbocycles. The molecule has 39 heavy (non-hydrogen) atoms. The van der Waals surface area contributed by atoms with Gasteiger partial charge in [0.25, 0.3) is 5.91 Å². The van der Waals surface area contributed by atoms with Crippen LogP contribution in [0.15, 0.2) is 107 Å². The number of amidine groups is 2. The smallest absolute Gasteiger partial charge is 0.283 e. The second kappa shape index (κ2) is 11.3. The van der Waals surface area contributed by atoms with Crippen molar-refractivity contribution in [2.75, 3.05) is 6.61 Å². The molecule has 1 aromatic heterocycles. The van der Waals surface area contributed by atoms with Gasteiger partial charge in [-0.1, -0.05) is 78.5 Å². The van der Waals surface area contributed by atoms with Gasteiger partial charge in [0.1, 0.15) is 5.75 Å². The third kappa shape index (κ3) is 5.55. The Balaban J connectivity index is 1.19. The zero-order valence-electron chi connectivity index (χ0n) is 21.0. The minimum absolute atomic E-state index is 0.0425. The molecule has 0 bridgehead atoms. The topological polar surface area (TPSA) is 83.0 Å². The Morgan fingerprint density at radius 3 is 2.54 bits per heavy atom. The second-order valence-electron chi connectivity index (χ2n) is 8.97. The molecule has 0 unspecified atom stereocenters. The molecule has 4 aromatic rings. The lowest BCUT2D eigenvalue weighted by Crippen LogP contribution is -2.35. The van der Waals surface area contributed by atoms with Crippen LogP contribution in [0.5, 0.6) is 5.75 Å². The fourth-order valence-electron chi connectivity index (χ4n) is 4.42. The van der Waals surface area contributed by atoms with Crippen molar-refractivity contribution in [3.05, 3.63) is 108 Å². The summed E-state index contributed by atoms with van der Waals surface area (Å²) >= 11 is 2.90. The van der Waals surface area contributed by atoms with Crippen LogP contribution in [0.1, 0.15) is 17.5 Å². The zero-order chi connectivity index (χ0) is 26.6. The number of fused-ring (bicyclic) bond motifs is 2. The molecule has 0 saturated heterocycles. The van der Waals surface area contributed by atoms with Crippen LogP contribution in [0.2, 0.25) is 0 Å². The van der Waals surface area contributed by atoms with Crippen LogP contribution in [0, 0.1) is 5.41 Å². The Morgan fingerprint density at radius 1 is 0.974 bits per heavy atom. The average Bonchev–Trinajstić information content (AvgIpc) is 3.54. The number of carbonyl (C=O) groups is 1. The number of benzene rings is 3. The van der Waals surface area contributed by atoms with Crippen molar-refractivity contribution >= 4 is 61.8 Å². The first-order valence-electron chi connectivity index (χ1n) is 12.6. The van der Waals surface area contributed by atoms with Crippen LogP contribution in [0.4, 0.5) is 0 Å². The van der Waals surface area contributed by atoms with Crippen LogP contribution in [-0.4, -0.2) is 37.5 Å². The van der Waals surface area contributed by atoms with Gasteiger partial charge >= 0.3 is 0 Å². The number of rotatable bonds is 8. The first-order valence-corrected chi connectivity index (χ1v) is 14.4. The van der Waals surface area contributed by atoms with Crippen molar-refractivity contribution in [3.8, 4) is 5.75 Å². The molecule has 2 aliphatic heterocycles. The van der Waals surface area contributed by atoms with E-state index in [4.69, 9.17) is 10.1 Å². The average molecular weight is 552 g/mol. The summed E-state index contributed by atoms with van der Waals surface area (Å²) in [6.45, 7) is 1.36. The first-order chi connectivity index (χ1) is 19.2. The van der Waals surface area contributed by atoms with Crippen LogP contribution < -0.4 is 4.74 Å². The Bertz CT molecular complexity index is 1630. The number of thioether (sulfide) groups is 2. The molecule has 0 saturated carbocycles. The third-order valence-corrected chi connectivity index (χ3v) is 8.43. The van der Waals surface area contributed by atoms with Crippen LogP contribution in [-0.2, 0) is 17.1 Å². The van der Waals surface area contributed by atoms with Gasteiger partial charge in [-0.2, -0.15) is 10.0 Å². The predicted molar refractivity (Wildman–Crippen MR) is 161 cm³/mol. The number of aliphatic imine (C=N–C) groups is 1. The van der Waals surface area contributed by atoms with Crippen LogP contribution in [0.3, 0.4) is 0 Å². The van der Waals surface area contributed by atoms with E-state index < -0.39 is 5.91 Å². The van der Waals surface area contributed by atoms with Gasteiger partial charge < -0.3 is 9.30 Å². The highest BCUT2D eigenvalue weighted by atomic mass is 32.2. The van der Waals surface area contributed by atoms with E-state index >= 15 is 0 Å². The van der Waals surface area contributed by atoms with E-state index in [1.54, 1.807) is 17.8 Å². The van der Waals surface area contributed by atoms with E-state index in [0.29, 0.717) is 11.8 Å². The maximum absolute atomic E-state index is 13.0. The summed E-state index contributed by atoms with van der Waals surface area (Å²) in [4.78, 5) is 17.3. The molecule has 1 amide bonds. The summed E-state index contributed by atoms with van der Waals surface area (Å²) in [5, 5.41) is 16.3. The number of para-hydroxylation sites is 2. The Morgan fingerprint density at radius 2 is 1.72 bits per heavy atom. The molecule has 0 radical (unpaired) electrons. The van der Waals surface area contributed by atoms with Crippen molar-refractivity contribution in [1.82, 2.24) is 9.58 Å². The van der Waals surface area contributed by atoms with E-state index in [2.05, 4.69) is 32.9 Å². The molecule has 0 fully saturated rings. The molecular weight excluding hydrogens is 526 g/mol. The number of amides is 1. The maximum Gasteiger partial charge on any atom is 0.283 e. The van der Waals surface area contributed by atoms with Crippen LogP contribution >= 0.6 is 23.5 Å². The monoisotopic (exact) mass is 551 g/mol. The molecule has 2 aliphatic rings. The van der Waals surface area contributed by atoms with Crippen molar-refractivity contribution < 1.29 is 9.53 Å². The van der Waals surface area contributed by atoms with E-state index in [-0.39, 0.29) is 11.4 Å². The van der Waals surface area contributed by atoms with E-state index in [1.807, 2.05) is 72.9 Å². The molecule has 1 N–H and O–H groups in total. The number of aryl methyl sites for hydroxylation is 1. The fraction of sp³-hybridized carbons (Fsp3) is 0.133. The van der Waals surface area contributed by atoms with Crippen LogP contribution in [0.25, 0.3) is 17.0 Å². The number of hydrogen-bond acceptors (Lipinski definition) is 6. The molecule has 0 spiro atoms. The van der Waals surface area contributed by atoms with E-state index in [0.717, 1.165) is 45.3 Å². The van der Waals surface area contributed by atoms with Crippen molar-refractivity contribution in [1.29, 1.82) is 5.41 Å². The molecule has 194 valence electrons. The van der Waals surface area contributed by atoms with Gasteiger partial charge in [-0.15, -0.1) is 5.10 Å². The van der Waals surface area contributed by atoms with Gasteiger partial charge in [-0.25, -0.2) is 0 Å². The number of ether oxygens (including phenoxy) is 1. The quantitative estimate of drug-likeness (QED) is 0.197. The van der Waals surface area contributed by atoms with Crippen molar-refractivity contribution in [2.24, 2.45) is 10.1 Å². The van der Waals surface area contributed by atoms with Gasteiger partial charge in [-0.3, -0.25) is 10.2 Å². The van der Waals surface area contributed by atoms with Crippen molar-refractivity contribution in [2.45, 2.75) is 18.7 Å². The highest BCUT2D eigenvalue weighted by Crippen LogP contribution is 2.34. The summed E-state index contributed by atoms with van der Waals surface area (Å²) in [6.07, 6.45) is 4.62. The highest BCUT2D eigenvalue weighted by Gasteiger charge is 2.36. The fourth-order valence-corrected chi connectivity index (χ4v) is 6.31. The number of carbonyl (C=O) groups excluding carboxylic acids is 1. The molecule has 0 atom stereocenters. The summed E-state index contributed by atoms with van der Waals surface area (Å²) in [5.74, 6) is 1.24. The number of hydrogen-bond donors (Lipinski definition) is 1. The lowest BCUT2D eigenvalue weighted by molar-refractivity contribution is -0.114. The van der Waals surface area contributed by atoms with E-state index in [9.17, 15) is 4.79 Å². The molecule has 9 heteroatoms. The molecular formula is C30H25N5O2S2. The maximum atomic E-state index is 13.0. The number of nitrogens with zero attached hydrogens (tertiary/aromatic N) is 4. The van der Waals surface area contributed by atoms with Gasteiger partial charge in [0.2, 0.25) is 5.17 Å². The van der Waals surface area contributed by atoms with Gasteiger partial charge in [0.05, 0.1) is 12.2 Å². The SMILES string of the molecule is N=C1C(=Cc2cn(CCCOc3ccccc3)c3ccccc23)C(=O)N=C2SC(SCc3ccccc3)=NN12. The third-order valence-electron chi connectivity index (χ3n) is 6.32. The summed E-state index contributed by atoms with van der Waals surface area (Å²) in [7, 11) is 0. The Kier molecular flexibility index (Phi) is 7.33. The standard InChI is InChI=1S/C30H25N5O2S2/c31-27-25(28(36)32-29-35(27)33-30(39-29)38-20-21-10-3-1-4-11-21)18-22-19-34(26-15-8-7-14-24(22)26)16-9-17-37-23-12-5-2-6-13-23/h1-8,10-15,18-19,31H,9,16-17,20H2. The lowest BCUT2D eigenvalue weighted by atomic mass is 10.1. The lowest BCUT2D eigenvalue weighted by Gasteiger charge is -2.20.